The summed E-state index contributed by atoms with van der Waals surface area (Å²) in [5, 5.41) is 0.601. The maximum atomic E-state index is 13.1. The summed E-state index contributed by atoms with van der Waals surface area (Å²) in [5.41, 5.74) is 5.83. The standard InChI is InChI=1S/C10H8FNO2/c11-8-3-1-2-7-6(4-9(12)13)5-14-10(7)8/h1-3,5H,4H2,(H2,12,13). The maximum Gasteiger partial charge on any atom is 0.221 e. The van der Waals surface area contributed by atoms with E-state index in [2.05, 4.69) is 0 Å². The molecule has 1 heterocycles. The van der Waals surface area contributed by atoms with Gasteiger partial charge in [0.1, 0.15) is 0 Å². The average molecular weight is 193 g/mol. The zero-order valence-electron chi connectivity index (χ0n) is 7.29. The molecule has 0 radical (unpaired) electrons. The monoisotopic (exact) mass is 193 g/mol. The van der Waals surface area contributed by atoms with Crippen LogP contribution in [0.5, 0.6) is 0 Å². The molecule has 2 N–H and O–H groups in total. The van der Waals surface area contributed by atoms with Crippen LogP contribution in [0.4, 0.5) is 4.39 Å². The van der Waals surface area contributed by atoms with Gasteiger partial charge in [0.2, 0.25) is 5.91 Å². The lowest BCUT2D eigenvalue weighted by molar-refractivity contribution is -0.117. The minimum absolute atomic E-state index is 0.0659. The second-order valence-electron chi connectivity index (χ2n) is 3.02. The van der Waals surface area contributed by atoms with Gasteiger partial charge in [-0.2, -0.15) is 0 Å². The van der Waals surface area contributed by atoms with Gasteiger partial charge in [-0.05, 0) is 6.07 Å². The third-order valence-electron chi connectivity index (χ3n) is 2.00. The Morgan fingerprint density at radius 2 is 2.29 bits per heavy atom. The normalized spacial score (nSPS) is 10.6. The van der Waals surface area contributed by atoms with E-state index in [0.717, 1.165) is 0 Å². The van der Waals surface area contributed by atoms with Gasteiger partial charge in [-0.15, -0.1) is 0 Å². The van der Waals surface area contributed by atoms with Gasteiger partial charge in [0.05, 0.1) is 12.7 Å². The number of carbonyl (C=O) groups is 1. The molecule has 0 aliphatic heterocycles. The molecule has 0 aliphatic rings. The number of nitrogens with two attached hydrogens (primary N) is 1. The van der Waals surface area contributed by atoms with Gasteiger partial charge >= 0.3 is 0 Å². The molecule has 0 fully saturated rings. The predicted octanol–water partition coefficient (Wildman–Crippen LogP) is 1.60. The number of furan rings is 1. The molecule has 0 bridgehead atoms. The fourth-order valence-electron chi connectivity index (χ4n) is 1.40. The second-order valence-corrected chi connectivity index (χ2v) is 3.02. The molecule has 4 heteroatoms. The maximum absolute atomic E-state index is 13.1. The predicted molar refractivity (Wildman–Crippen MR) is 49.1 cm³/mol. The summed E-state index contributed by atoms with van der Waals surface area (Å²) in [7, 11) is 0. The van der Waals surface area contributed by atoms with Gasteiger partial charge in [-0.1, -0.05) is 12.1 Å². The van der Waals surface area contributed by atoms with Gasteiger partial charge in [0.15, 0.2) is 11.4 Å². The van der Waals surface area contributed by atoms with E-state index in [1.807, 2.05) is 0 Å². The highest BCUT2D eigenvalue weighted by molar-refractivity contribution is 5.87. The minimum Gasteiger partial charge on any atom is -0.461 e. The summed E-state index contributed by atoms with van der Waals surface area (Å²) in [6.45, 7) is 0. The van der Waals surface area contributed by atoms with Crippen molar-refractivity contribution in [3.8, 4) is 0 Å². The summed E-state index contributed by atoms with van der Waals surface area (Å²) in [6.07, 6.45) is 1.43. The average Bonchev–Trinajstić information content (AvgIpc) is 2.49. The molecule has 1 aromatic carbocycles. The van der Waals surface area contributed by atoms with Gasteiger partial charge in [-0.25, -0.2) is 4.39 Å². The number of carbonyl (C=O) groups excluding carboxylic acids is 1. The smallest absolute Gasteiger partial charge is 0.221 e. The number of amides is 1. The quantitative estimate of drug-likeness (QED) is 0.787. The fourth-order valence-corrected chi connectivity index (χ4v) is 1.40. The molecule has 0 aliphatic carbocycles. The zero-order valence-corrected chi connectivity index (χ0v) is 7.29. The van der Waals surface area contributed by atoms with Crippen molar-refractivity contribution in [2.24, 2.45) is 5.73 Å². The summed E-state index contributed by atoms with van der Waals surface area (Å²) < 4.78 is 18.1. The minimum atomic E-state index is -0.461. The second kappa shape index (κ2) is 3.14. The van der Waals surface area contributed by atoms with Crippen LogP contribution in [0.2, 0.25) is 0 Å². The molecule has 0 atom stereocenters. The third kappa shape index (κ3) is 1.35. The SMILES string of the molecule is NC(=O)Cc1coc2c(F)cccc12. The van der Waals surface area contributed by atoms with E-state index in [-0.39, 0.29) is 12.0 Å². The molecule has 2 rings (SSSR count). The summed E-state index contributed by atoms with van der Waals surface area (Å²) in [6, 6.07) is 4.57. The number of primary amides is 1. The summed E-state index contributed by atoms with van der Waals surface area (Å²) in [5.74, 6) is -0.893. The Bertz CT molecular complexity index is 490. The van der Waals surface area contributed by atoms with Crippen molar-refractivity contribution in [1.82, 2.24) is 0 Å². The number of rotatable bonds is 2. The number of fused-ring (bicyclic) bond motifs is 1. The first kappa shape index (κ1) is 8.74. The van der Waals surface area contributed by atoms with Crippen molar-refractivity contribution >= 4 is 16.9 Å². The highest BCUT2D eigenvalue weighted by Crippen LogP contribution is 2.23. The lowest BCUT2D eigenvalue weighted by atomic mass is 10.1. The van der Waals surface area contributed by atoms with Gasteiger partial charge in [-0.3, -0.25) is 4.79 Å². The van der Waals surface area contributed by atoms with Crippen LogP contribution in [-0.4, -0.2) is 5.91 Å². The number of hydrogen-bond acceptors (Lipinski definition) is 2. The number of benzene rings is 1. The largest absolute Gasteiger partial charge is 0.461 e. The molecule has 2 aromatic rings. The zero-order chi connectivity index (χ0) is 10.1. The van der Waals surface area contributed by atoms with Crippen LogP contribution >= 0.6 is 0 Å². The molecular weight excluding hydrogens is 185 g/mol. The summed E-state index contributed by atoms with van der Waals surface area (Å²) in [4.78, 5) is 10.7. The molecule has 0 saturated heterocycles. The van der Waals surface area contributed by atoms with Crippen LogP contribution in [0.3, 0.4) is 0 Å². The number of halogens is 1. The Morgan fingerprint density at radius 3 is 3.00 bits per heavy atom. The third-order valence-corrected chi connectivity index (χ3v) is 2.00. The molecule has 3 nitrogen and oxygen atoms in total. The van der Waals surface area contributed by atoms with Crippen molar-refractivity contribution in [2.45, 2.75) is 6.42 Å². The molecular formula is C10H8FNO2. The van der Waals surface area contributed by atoms with Crippen LogP contribution in [-0.2, 0) is 11.2 Å². The topological polar surface area (TPSA) is 56.2 Å². The van der Waals surface area contributed by atoms with E-state index in [1.54, 1.807) is 12.1 Å². The van der Waals surface area contributed by atoms with E-state index >= 15 is 0 Å². The first-order chi connectivity index (χ1) is 6.68. The van der Waals surface area contributed by atoms with E-state index in [9.17, 15) is 9.18 Å². The molecule has 1 amide bonds. The van der Waals surface area contributed by atoms with Crippen LogP contribution in [0.1, 0.15) is 5.56 Å². The molecule has 0 unspecified atom stereocenters. The van der Waals surface area contributed by atoms with Gasteiger partial charge in [0.25, 0.3) is 0 Å². The Labute approximate surface area is 79.3 Å². The van der Waals surface area contributed by atoms with Crippen molar-refractivity contribution in [3.63, 3.8) is 0 Å². The number of hydrogen-bond donors (Lipinski definition) is 1. The van der Waals surface area contributed by atoms with E-state index in [1.165, 1.54) is 12.3 Å². The Morgan fingerprint density at radius 1 is 1.50 bits per heavy atom. The number of para-hydroxylation sites is 1. The summed E-state index contributed by atoms with van der Waals surface area (Å²) >= 11 is 0. The Hall–Kier alpha value is -1.84. The molecule has 0 spiro atoms. The van der Waals surface area contributed by atoms with Crippen molar-refractivity contribution < 1.29 is 13.6 Å². The van der Waals surface area contributed by atoms with Crippen LogP contribution < -0.4 is 5.73 Å². The van der Waals surface area contributed by atoms with Gasteiger partial charge in [0, 0.05) is 10.9 Å². The molecule has 14 heavy (non-hydrogen) atoms. The van der Waals surface area contributed by atoms with Gasteiger partial charge < -0.3 is 10.2 Å². The first-order valence-corrected chi connectivity index (χ1v) is 4.11. The van der Waals surface area contributed by atoms with E-state index in [0.29, 0.717) is 10.9 Å². The van der Waals surface area contributed by atoms with Crippen molar-refractivity contribution in [2.75, 3.05) is 0 Å². The van der Waals surface area contributed by atoms with Crippen LogP contribution in [0, 0.1) is 5.82 Å². The van der Waals surface area contributed by atoms with Crippen molar-refractivity contribution in [1.29, 1.82) is 0 Å². The van der Waals surface area contributed by atoms with E-state index < -0.39 is 11.7 Å². The Balaban J connectivity index is 2.58. The molecule has 1 aromatic heterocycles. The van der Waals surface area contributed by atoms with Crippen molar-refractivity contribution in [3.05, 3.63) is 35.8 Å². The fraction of sp³-hybridized carbons (Fsp3) is 0.100. The molecule has 0 saturated carbocycles. The lowest BCUT2D eigenvalue weighted by Gasteiger charge is -1.93. The molecule has 72 valence electrons. The first-order valence-electron chi connectivity index (χ1n) is 4.11. The Kier molecular flexibility index (Phi) is 1.96. The van der Waals surface area contributed by atoms with E-state index in [4.69, 9.17) is 10.2 Å². The van der Waals surface area contributed by atoms with Crippen LogP contribution in [0.15, 0.2) is 28.9 Å². The van der Waals surface area contributed by atoms with Crippen LogP contribution in [0.25, 0.3) is 11.0 Å². The highest BCUT2D eigenvalue weighted by Gasteiger charge is 2.10. The highest BCUT2D eigenvalue weighted by atomic mass is 19.1. The lowest BCUT2D eigenvalue weighted by Crippen LogP contribution is -2.13.